The number of nitrogens with zero attached hydrogens (tertiary/aromatic N) is 1. The van der Waals surface area contributed by atoms with E-state index in [1.54, 1.807) is 19.1 Å². The number of nitrogens with one attached hydrogen (secondary N) is 2. The van der Waals surface area contributed by atoms with Crippen molar-refractivity contribution in [3.8, 4) is 0 Å². The molecule has 1 atom stereocenters. The molecule has 9 heteroatoms. The van der Waals surface area contributed by atoms with Crippen LogP contribution in [0.2, 0.25) is 0 Å². The summed E-state index contributed by atoms with van der Waals surface area (Å²) in [4.78, 5) is 50.5. The molecule has 1 aliphatic heterocycles. The standard InChI is InChI=1S/C20H18FN3O5/c1-2-29-19(27)14-5-3-4-6-16(14)23-17(25)15-11-22-20(28)24(18(15)26)13-9-7-12(21)8-10-13/h3-10,15H,2,11H2,1H3,(H,22,28)(H,23,25). The molecular weight excluding hydrogens is 381 g/mol. The Balaban J connectivity index is 1.81. The number of carbonyl (C=O) groups is 4. The lowest BCUT2D eigenvalue weighted by atomic mass is 10.0. The number of urea groups is 1. The molecule has 29 heavy (non-hydrogen) atoms. The molecule has 2 N–H and O–H groups in total. The molecule has 0 radical (unpaired) electrons. The van der Waals surface area contributed by atoms with Crippen LogP contribution in [-0.4, -0.2) is 37.0 Å². The first-order chi connectivity index (χ1) is 13.9. The molecule has 150 valence electrons. The molecule has 4 amide bonds. The van der Waals surface area contributed by atoms with E-state index >= 15 is 0 Å². The molecule has 0 saturated carbocycles. The van der Waals surface area contributed by atoms with E-state index in [1.165, 1.54) is 24.3 Å². The molecule has 0 bridgehead atoms. The maximum absolute atomic E-state index is 13.1. The Bertz CT molecular complexity index is 961. The van der Waals surface area contributed by atoms with Crippen molar-refractivity contribution in [2.75, 3.05) is 23.4 Å². The van der Waals surface area contributed by atoms with E-state index in [4.69, 9.17) is 4.74 Å². The first kappa shape index (κ1) is 20.0. The number of ether oxygens (including phenoxy) is 1. The monoisotopic (exact) mass is 399 g/mol. The highest BCUT2D eigenvalue weighted by Gasteiger charge is 2.39. The SMILES string of the molecule is CCOC(=O)c1ccccc1NC(=O)C1CNC(=O)N(c2ccc(F)cc2)C1=O. The van der Waals surface area contributed by atoms with Crippen LogP contribution in [0.5, 0.6) is 0 Å². The molecule has 1 aliphatic rings. The van der Waals surface area contributed by atoms with Gasteiger partial charge in [-0.2, -0.15) is 0 Å². The average Bonchev–Trinajstić information content (AvgIpc) is 2.70. The van der Waals surface area contributed by atoms with Gasteiger partial charge in [0.2, 0.25) is 11.8 Å². The van der Waals surface area contributed by atoms with Crippen molar-refractivity contribution in [3.05, 3.63) is 59.9 Å². The minimum Gasteiger partial charge on any atom is -0.462 e. The van der Waals surface area contributed by atoms with Crippen LogP contribution in [0.1, 0.15) is 17.3 Å². The van der Waals surface area contributed by atoms with Gasteiger partial charge in [-0.15, -0.1) is 0 Å². The summed E-state index contributed by atoms with van der Waals surface area (Å²) in [5.74, 6) is -3.82. The number of hydrogen-bond donors (Lipinski definition) is 2. The number of halogens is 1. The number of imide groups is 1. The Kier molecular flexibility index (Phi) is 5.87. The Morgan fingerprint density at radius 1 is 1.17 bits per heavy atom. The summed E-state index contributed by atoms with van der Waals surface area (Å²) >= 11 is 0. The van der Waals surface area contributed by atoms with Crippen molar-refractivity contribution in [1.82, 2.24) is 5.32 Å². The number of hydrogen-bond acceptors (Lipinski definition) is 5. The summed E-state index contributed by atoms with van der Waals surface area (Å²) in [5.41, 5.74) is 0.470. The third-order valence-electron chi connectivity index (χ3n) is 4.26. The molecule has 0 aliphatic carbocycles. The maximum atomic E-state index is 13.1. The second-order valence-corrected chi connectivity index (χ2v) is 6.14. The summed E-state index contributed by atoms with van der Waals surface area (Å²) < 4.78 is 18.1. The third kappa shape index (κ3) is 4.23. The van der Waals surface area contributed by atoms with E-state index in [9.17, 15) is 23.6 Å². The minimum absolute atomic E-state index is 0.137. The van der Waals surface area contributed by atoms with E-state index in [0.717, 1.165) is 17.0 Å². The highest BCUT2D eigenvalue weighted by atomic mass is 19.1. The number of rotatable bonds is 5. The minimum atomic E-state index is -1.23. The van der Waals surface area contributed by atoms with Crippen LogP contribution in [0, 0.1) is 11.7 Å². The van der Waals surface area contributed by atoms with Gasteiger partial charge in [-0.25, -0.2) is 18.9 Å². The number of amides is 4. The summed E-state index contributed by atoms with van der Waals surface area (Å²) in [6, 6.07) is 10.3. The van der Waals surface area contributed by atoms with Gasteiger partial charge in [0.1, 0.15) is 11.7 Å². The largest absolute Gasteiger partial charge is 0.462 e. The molecular formula is C20H18FN3O5. The predicted octanol–water partition coefficient (Wildman–Crippen LogP) is 2.31. The normalized spacial score (nSPS) is 16.2. The fraction of sp³-hybridized carbons (Fsp3) is 0.200. The molecule has 1 fully saturated rings. The van der Waals surface area contributed by atoms with Crippen LogP contribution in [0.15, 0.2) is 48.5 Å². The fourth-order valence-electron chi connectivity index (χ4n) is 2.85. The second-order valence-electron chi connectivity index (χ2n) is 6.14. The first-order valence-electron chi connectivity index (χ1n) is 8.86. The van der Waals surface area contributed by atoms with Crippen molar-refractivity contribution < 1.29 is 28.3 Å². The molecule has 1 unspecified atom stereocenters. The zero-order chi connectivity index (χ0) is 21.0. The van der Waals surface area contributed by atoms with E-state index < -0.39 is 35.5 Å². The van der Waals surface area contributed by atoms with Crippen LogP contribution < -0.4 is 15.5 Å². The summed E-state index contributed by atoms with van der Waals surface area (Å²) in [6.07, 6.45) is 0. The Hall–Kier alpha value is -3.75. The van der Waals surface area contributed by atoms with Gasteiger partial charge in [0, 0.05) is 6.54 Å². The van der Waals surface area contributed by atoms with Crippen LogP contribution in [-0.2, 0) is 14.3 Å². The lowest BCUT2D eigenvalue weighted by Crippen LogP contribution is -2.58. The lowest BCUT2D eigenvalue weighted by Gasteiger charge is -2.30. The molecule has 0 spiro atoms. The quantitative estimate of drug-likeness (QED) is 0.593. The Morgan fingerprint density at radius 3 is 2.55 bits per heavy atom. The van der Waals surface area contributed by atoms with Crippen LogP contribution in [0.4, 0.5) is 20.6 Å². The topological polar surface area (TPSA) is 105 Å². The van der Waals surface area contributed by atoms with Gasteiger partial charge < -0.3 is 15.4 Å². The van der Waals surface area contributed by atoms with Crippen LogP contribution >= 0.6 is 0 Å². The highest BCUT2D eigenvalue weighted by molar-refractivity contribution is 6.23. The fourth-order valence-corrected chi connectivity index (χ4v) is 2.85. The van der Waals surface area contributed by atoms with E-state index in [-0.39, 0.29) is 30.1 Å². The van der Waals surface area contributed by atoms with Gasteiger partial charge in [-0.05, 0) is 43.3 Å². The van der Waals surface area contributed by atoms with Gasteiger partial charge in [-0.3, -0.25) is 9.59 Å². The molecule has 0 aromatic heterocycles. The zero-order valence-corrected chi connectivity index (χ0v) is 15.5. The summed E-state index contributed by atoms with van der Waals surface area (Å²) in [7, 11) is 0. The van der Waals surface area contributed by atoms with Gasteiger partial charge in [-0.1, -0.05) is 12.1 Å². The number of carbonyl (C=O) groups excluding carboxylic acids is 4. The summed E-state index contributed by atoms with van der Waals surface area (Å²) in [6.45, 7) is 1.62. The van der Waals surface area contributed by atoms with Crippen LogP contribution in [0.25, 0.3) is 0 Å². The lowest BCUT2D eigenvalue weighted by molar-refractivity contribution is -0.130. The third-order valence-corrected chi connectivity index (χ3v) is 4.26. The predicted molar refractivity (Wildman–Crippen MR) is 102 cm³/mol. The Morgan fingerprint density at radius 2 is 1.86 bits per heavy atom. The first-order valence-corrected chi connectivity index (χ1v) is 8.86. The molecule has 3 rings (SSSR count). The number of para-hydroxylation sites is 1. The highest BCUT2D eigenvalue weighted by Crippen LogP contribution is 2.23. The number of anilines is 2. The van der Waals surface area contributed by atoms with E-state index in [0.29, 0.717) is 0 Å². The van der Waals surface area contributed by atoms with E-state index in [1.807, 2.05) is 0 Å². The van der Waals surface area contributed by atoms with Gasteiger partial charge >= 0.3 is 12.0 Å². The molecule has 1 heterocycles. The molecule has 8 nitrogen and oxygen atoms in total. The Labute approximate surface area is 165 Å². The van der Waals surface area contributed by atoms with Crippen molar-refractivity contribution in [1.29, 1.82) is 0 Å². The molecule has 2 aromatic rings. The van der Waals surface area contributed by atoms with Crippen molar-refractivity contribution >= 4 is 35.2 Å². The van der Waals surface area contributed by atoms with Gasteiger partial charge in [0.05, 0.1) is 23.5 Å². The average molecular weight is 399 g/mol. The van der Waals surface area contributed by atoms with Crippen molar-refractivity contribution in [2.24, 2.45) is 5.92 Å². The van der Waals surface area contributed by atoms with E-state index in [2.05, 4.69) is 10.6 Å². The van der Waals surface area contributed by atoms with Crippen LogP contribution in [0.3, 0.4) is 0 Å². The smallest absolute Gasteiger partial charge is 0.340 e. The van der Waals surface area contributed by atoms with Gasteiger partial charge in [0.25, 0.3) is 0 Å². The van der Waals surface area contributed by atoms with Crippen molar-refractivity contribution in [3.63, 3.8) is 0 Å². The maximum Gasteiger partial charge on any atom is 0.340 e. The number of benzene rings is 2. The molecule has 2 aromatic carbocycles. The second kappa shape index (κ2) is 8.51. The number of esters is 1. The van der Waals surface area contributed by atoms with Crippen molar-refractivity contribution in [2.45, 2.75) is 6.92 Å². The summed E-state index contributed by atoms with van der Waals surface area (Å²) in [5, 5.41) is 5.02. The zero-order valence-electron chi connectivity index (χ0n) is 15.5. The van der Waals surface area contributed by atoms with Gasteiger partial charge in [0.15, 0.2) is 0 Å². The molecule has 1 saturated heterocycles.